The summed E-state index contributed by atoms with van der Waals surface area (Å²) in [5.41, 5.74) is 1.41. The first-order valence-corrected chi connectivity index (χ1v) is 4.72. The Morgan fingerprint density at radius 3 is 3.15 bits per heavy atom. The standard InChI is InChI=1S/C9H10N2OS/c1-3-4-5-10-9(12)8-6-13-11-7(8)2/h1,6H,4-5H2,2H3,(H,10,12). The summed E-state index contributed by atoms with van der Waals surface area (Å²) >= 11 is 1.28. The maximum atomic E-state index is 11.4. The van der Waals surface area contributed by atoms with Crippen LogP contribution in [-0.4, -0.2) is 16.8 Å². The largest absolute Gasteiger partial charge is 0.351 e. The summed E-state index contributed by atoms with van der Waals surface area (Å²) in [5.74, 6) is 2.36. The van der Waals surface area contributed by atoms with Crippen LogP contribution in [0.25, 0.3) is 0 Å². The molecular weight excluding hydrogens is 184 g/mol. The van der Waals surface area contributed by atoms with Crippen molar-refractivity contribution in [3.8, 4) is 12.3 Å². The molecule has 0 radical (unpaired) electrons. The van der Waals surface area contributed by atoms with E-state index in [1.165, 1.54) is 11.5 Å². The molecule has 0 fully saturated rings. The molecule has 1 aromatic heterocycles. The van der Waals surface area contributed by atoms with E-state index < -0.39 is 0 Å². The van der Waals surface area contributed by atoms with Gasteiger partial charge in [0.1, 0.15) is 0 Å². The molecule has 0 bridgehead atoms. The Morgan fingerprint density at radius 2 is 2.62 bits per heavy atom. The van der Waals surface area contributed by atoms with E-state index in [1.54, 1.807) is 5.38 Å². The fourth-order valence-corrected chi connectivity index (χ4v) is 1.55. The zero-order chi connectivity index (χ0) is 9.68. The molecule has 1 N–H and O–H groups in total. The molecule has 0 unspecified atom stereocenters. The Labute approximate surface area is 81.3 Å². The van der Waals surface area contributed by atoms with Gasteiger partial charge in [0.05, 0.1) is 11.3 Å². The highest BCUT2D eigenvalue weighted by Gasteiger charge is 2.09. The summed E-state index contributed by atoms with van der Waals surface area (Å²) in [6, 6.07) is 0. The number of carbonyl (C=O) groups excluding carboxylic acids is 1. The first-order valence-electron chi connectivity index (χ1n) is 3.88. The van der Waals surface area contributed by atoms with Crippen LogP contribution in [0, 0.1) is 19.3 Å². The van der Waals surface area contributed by atoms with Gasteiger partial charge in [-0.2, -0.15) is 4.37 Å². The predicted octanol–water partition coefficient (Wildman–Crippen LogP) is 1.20. The van der Waals surface area contributed by atoms with Gasteiger partial charge in [-0.25, -0.2) is 0 Å². The van der Waals surface area contributed by atoms with Gasteiger partial charge in [-0.1, -0.05) is 0 Å². The van der Waals surface area contributed by atoms with Gasteiger partial charge in [0.15, 0.2) is 0 Å². The molecule has 0 spiro atoms. The number of terminal acetylenes is 1. The lowest BCUT2D eigenvalue weighted by molar-refractivity contribution is 0.0954. The Hall–Kier alpha value is -1.34. The fourth-order valence-electron chi connectivity index (χ4n) is 0.854. The van der Waals surface area contributed by atoms with E-state index in [9.17, 15) is 4.79 Å². The molecule has 1 amide bonds. The number of rotatable bonds is 3. The topological polar surface area (TPSA) is 42.0 Å². The van der Waals surface area contributed by atoms with Crippen LogP contribution in [0.1, 0.15) is 22.5 Å². The second kappa shape index (κ2) is 4.63. The second-order valence-corrected chi connectivity index (χ2v) is 3.15. The van der Waals surface area contributed by atoms with Crippen molar-refractivity contribution < 1.29 is 4.79 Å². The lowest BCUT2D eigenvalue weighted by Gasteiger charge is -2.00. The van der Waals surface area contributed by atoms with Crippen molar-refractivity contribution in [3.05, 3.63) is 16.6 Å². The molecule has 13 heavy (non-hydrogen) atoms. The summed E-state index contributed by atoms with van der Waals surface area (Å²) in [6.45, 7) is 2.33. The van der Waals surface area contributed by atoms with Gasteiger partial charge in [-0.3, -0.25) is 4.79 Å². The minimum absolute atomic E-state index is 0.0958. The maximum absolute atomic E-state index is 11.4. The smallest absolute Gasteiger partial charge is 0.254 e. The van der Waals surface area contributed by atoms with E-state index >= 15 is 0 Å². The third-order valence-electron chi connectivity index (χ3n) is 1.55. The summed E-state index contributed by atoms with van der Waals surface area (Å²) in [5, 5.41) is 4.45. The molecule has 1 aromatic rings. The van der Waals surface area contributed by atoms with Crippen molar-refractivity contribution in [3.63, 3.8) is 0 Å². The minimum atomic E-state index is -0.0958. The van der Waals surface area contributed by atoms with E-state index in [2.05, 4.69) is 15.6 Å². The van der Waals surface area contributed by atoms with Crippen LogP contribution in [0.2, 0.25) is 0 Å². The molecule has 0 saturated heterocycles. The van der Waals surface area contributed by atoms with E-state index in [4.69, 9.17) is 6.42 Å². The third-order valence-corrected chi connectivity index (χ3v) is 2.27. The van der Waals surface area contributed by atoms with Crippen LogP contribution in [0.4, 0.5) is 0 Å². The number of carbonyl (C=O) groups is 1. The lowest BCUT2D eigenvalue weighted by atomic mass is 10.2. The molecule has 0 atom stereocenters. The normalized spacial score (nSPS) is 9.23. The fraction of sp³-hybridized carbons (Fsp3) is 0.333. The van der Waals surface area contributed by atoms with Crippen LogP contribution < -0.4 is 5.32 Å². The second-order valence-electron chi connectivity index (χ2n) is 2.52. The summed E-state index contributed by atoms with van der Waals surface area (Å²) in [7, 11) is 0. The highest BCUT2D eigenvalue weighted by molar-refractivity contribution is 7.03. The van der Waals surface area contributed by atoms with Gasteiger partial charge in [0.2, 0.25) is 0 Å². The highest BCUT2D eigenvalue weighted by Crippen LogP contribution is 2.08. The van der Waals surface area contributed by atoms with Gasteiger partial charge < -0.3 is 5.32 Å². The van der Waals surface area contributed by atoms with Crippen LogP contribution in [-0.2, 0) is 0 Å². The minimum Gasteiger partial charge on any atom is -0.351 e. The van der Waals surface area contributed by atoms with Crippen molar-refractivity contribution in [2.75, 3.05) is 6.54 Å². The number of aryl methyl sites for hydroxylation is 1. The molecular formula is C9H10N2OS. The first kappa shape index (κ1) is 9.75. The summed E-state index contributed by atoms with van der Waals surface area (Å²) < 4.78 is 4.01. The first-order chi connectivity index (χ1) is 6.25. The Kier molecular flexibility index (Phi) is 3.47. The van der Waals surface area contributed by atoms with E-state index in [-0.39, 0.29) is 5.91 Å². The maximum Gasteiger partial charge on any atom is 0.254 e. The number of aromatic nitrogens is 1. The van der Waals surface area contributed by atoms with Gasteiger partial charge in [-0.05, 0) is 18.5 Å². The zero-order valence-corrected chi connectivity index (χ0v) is 8.15. The molecule has 4 heteroatoms. The third kappa shape index (κ3) is 2.56. The molecule has 0 saturated carbocycles. The number of hydrogen-bond donors (Lipinski definition) is 1. The summed E-state index contributed by atoms with van der Waals surface area (Å²) in [6.07, 6.45) is 5.61. The van der Waals surface area contributed by atoms with Crippen LogP contribution in [0.5, 0.6) is 0 Å². The van der Waals surface area contributed by atoms with E-state index in [1.807, 2.05) is 6.92 Å². The van der Waals surface area contributed by atoms with Crippen LogP contribution in [0.15, 0.2) is 5.38 Å². The van der Waals surface area contributed by atoms with Crippen molar-refractivity contribution in [1.29, 1.82) is 0 Å². The Morgan fingerprint density at radius 1 is 1.85 bits per heavy atom. The highest BCUT2D eigenvalue weighted by atomic mass is 32.1. The van der Waals surface area contributed by atoms with Crippen molar-refractivity contribution in [2.24, 2.45) is 0 Å². The molecule has 0 aromatic carbocycles. The number of nitrogens with one attached hydrogen (secondary N) is 1. The molecule has 68 valence electrons. The van der Waals surface area contributed by atoms with Gasteiger partial charge in [0.25, 0.3) is 5.91 Å². The monoisotopic (exact) mass is 194 g/mol. The number of hydrogen-bond acceptors (Lipinski definition) is 3. The van der Waals surface area contributed by atoms with E-state index in [0.717, 1.165) is 5.69 Å². The van der Waals surface area contributed by atoms with Gasteiger partial charge in [-0.15, -0.1) is 12.3 Å². The number of amides is 1. The molecule has 3 nitrogen and oxygen atoms in total. The quantitative estimate of drug-likeness (QED) is 0.580. The average Bonchev–Trinajstić information content (AvgIpc) is 2.52. The summed E-state index contributed by atoms with van der Waals surface area (Å²) in [4.78, 5) is 11.4. The Balaban J connectivity index is 2.50. The zero-order valence-electron chi connectivity index (χ0n) is 7.33. The van der Waals surface area contributed by atoms with E-state index in [0.29, 0.717) is 18.5 Å². The van der Waals surface area contributed by atoms with Gasteiger partial charge in [0, 0.05) is 18.3 Å². The molecule has 0 aliphatic carbocycles. The predicted molar refractivity (Wildman–Crippen MR) is 52.6 cm³/mol. The SMILES string of the molecule is C#CCCNC(=O)c1csnc1C. The molecule has 0 aliphatic rings. The van der Waals surface area contributed by atoms with Crippen LogP contribution in [0.3, 0.4) is 0 Å². The lowest BCUT2D eigenvalue weighted by Crippen LogP contribution is -2.24. The Bertz CT molecular complexity index is 338. The molecule has 1 heterocycles. The molecule has 0 aliphatic heterocycles. The van der Waals surface area contributed by atoms with Crippen LogP contribution >= 0.6 is 11.5 Å². The van der Waals surface area contributed by atoms with Crippen molar-refractivity contribution in [2.45, 2.75) is 13.3 Å². The van der Waals surface area contributed by atoms with Crippen molar-refractivity contribution in [1.82, 2.24) is 9.69 Å². The average molecular weight is 194 g/mol. The number of nitrogens with zero attached hydrogens (tertiary/aromatic N) is 1. The van der Waals surface area contributed by atoms with Crippen molar-refractivity contribution >= 4 is 17.4 Å². The molecule has 1 rings (SSSR count). The van der Waals surface area contributed by atoms with Gasteiger partial charge >= 0.3 is 0 Å².